The van der Waals surface area contributed by atoms with Gasteiger partial charge in [-0.05, 0) is 43.4 Å². The van der Waals surface area contributed by atoms with Crippen molar-refractivity contribution in [2.24, 2.45) is 11.8 Å². The molecule has 1 aromatic heterocycles. The number of aromatic nitrogens is 2. The van der Waals surface area contributed by atoms with Crippen LogP contribution in [0.4, 0.5) is 10.5 Å². The molecule has 1 aliphatic rings. The van der Waals surface area contributed by atoms with E-state index in [1.165, 1.54) is 35.6 Å². The Morgan fingerprint density at radius 3 is 2.30 bits per heavy atom. The van der Waals surface area contributed by atoms with E-state index in [-0.39, 0.29) is 42.4 Å². The third kappa shape index (κ3) is 10.5. The van der Waals surface area contributed by atoms with E-state index in [0.29, 0.717) is 12.7 Å². The number of benzene rings is 1. The number of esters is 1. The smallest absolute Gasteiger partial charge is 0.411 e. The number of hydrogen-bond donors (Lipinski definition) is 4. The first-order valence-corrected chi connectivity index (χ1v) is 16.5. The van der Waals surface area contributed by atoms with Gasteiger partial charge < -0.3 is 35.1 Å². The topological polar surface area (TPSA) is 215 Å². The number of aldehydes is 1. The Morgan fingerprint density at radius 2 is 1.70 bits per heavy atom. The highest BCUT2D eigenvalue weighted by Gasteiger charge is 2.45. The van der Waals surface area contributed by atoms with Crippen molar-refractivity contribution in [3.63, 3.8) is 0 Å². The maximum Gasteiger partial charge on any atom is 0.411 e. The molecular weight excluding hydrogens is 650 g/mol. The second-order valence-corrected chi connectivity index (χ2v) is 12.4. The highest BCUT2D eigenvalue weighted by Crippen LogP contribution is 2.24. The van der Waals surface area contributed by atoms with E-state index >= 15 is 0 Å². The van der Waals surface area contributed by atoms with E-state index in [4.69, 9.17) is 9.47 Å². The van der Waals surface area contributed by atoms with Gasteiger partial charge in [-0.1, -0.05) is 40.7 Å². The summed E-state index contributed by atoms with van der Waals surface area (Å²) < 4.78 is 10.6. The second kappa shape index (κ2) is 18.4. The van der Waals surface area contributed by atoms with Crippen molar-refractivity contribution in [1.82, 2.24) is 30.8 Å². The van der Waals surface area contributed by atoms with E-state index in [2.05, 4.69) is 31.2 Å². The molecule has 0 unspecified atom stereocenters. The maximum absolute atomic E-state index is 14.1. The molecule has 3 rings (SSSR count). The van der Waals surface area contributed by atoms with Crippen LogP contribution in [0.2, 0.25) is 0 Å². The van der Waals surface area contributed by atoms with Crippen LogP contribution in [-0.4, -0.2) is 100 Å². The molecule has 50 heavy (non-hydrogen) atoms. The van der Waals surface area contributed by atoms with Crippen LogP contribution in [0.3, 0.4) is 0 Å². The van der Waals surface area contributed by atoms with Crippen LogP contribution in [0, 0.1) is 11.8 Å². The first kappa shape index (κ1) is 39.0. The molecule has 16 nitrogen and oxygen atoms in total. The summed E-state index contributed by atoms with van der Waals surface area (Å²) in [6.45, 7) is 10.2. The predicted molar refractivity (Wildman–Crippen MR) is 180 cm³/mol. The largest absolute Gasteiger partial charge is 0.462 e. The summed E-state index contributed by atoms with van der Waals surface area (Å²) in [5.74, 6) is -3.92. The van der Waals surface area contributed by atoms with Gasteiger partial charge in [-0.25, -0.2) is 14.6 Å². The van der Waals surface area contributed by atoms with E-state index in [1.807, 2.05) is 0 Å². The Kier molecular flexibility index (Phi) is 14.3. The average molecular weight is 696 g/mol. The lowest BCUT2D eigenvalue weighted by Gasteiger charge is -2.32. The minimum Gasteiger partial charge on any atom is -0.462 e. The van der Waals surface area contributed by atoms with Gasteiger partial charge in [0, 0.05) is 24.5 Å². The Balaban J connectivity index is 1.80. The molecule has 0 saturated carbocycles. The van der Waals surface area contributed by atoms with Crippen molar-refractivity contribution < 1.29 is 43.0 Å². The molecule has 1 aliphatic heterocycles. The van der Waals surface area contributed by atoms with Crippen molar-refractivity contribution in [1.29, 1.82) is 0 Å². The minimum atomic E-state index is -1.14. The number of nitrogens with zero attached hydrogens (tertiary/aromatic N) is 3. The van der Waals surface area contributed by atoms with Gasteiger partial charge in [0.15, 0.2) is 0 Å². The van der Waals surface area contributed by atoms with Gasteiger partial charge >= 0.3 is 12.1 Å². The number of ether oxygens (including phenoxy) is 2. The third-order valence-electron chi connectivity index (χ3n) is 7.94. The van der Waals surface area contributed by atoms with Crippen LogP contribution >= 0.6 is 0 Å². The number of nitrogens with one attached hydrogen (secondary N) is 4. The quantitative estimate of drug-likeness (QED) is 0.156. The van der Waals surface area contributed by atoms with Crippen LogP contribution in [0.1, 0.15) is 75.2 Å². The van der Waals surface area contributed by atoms with Crippen LogP contribution in [0.15, 0.2) is 42.9 Å². The number of hydrogen-bond acceptors (Lipinski definition) is 11. The predicted octanol–water partition coefficient (Wildman–Crippen LogP) is 1.86. The number of amides is 5. The summed E-state index contributed by atoms with van der Waals surface area (Å²) in [6.07, 6.45) is 2.98. The molecule has 0 spiro atoms. The number of rotatable bonds is 15. The second-order valence-electron chi connectivity index (χ2n) is 12.4. The molecular formula is C34H45N7O9. The number of carbonyl (C=O) groups excluding carboxylic acids is 7. The zero-order chi connectivity index (χ0) is 37.0. The maximum atomic E-state index is 14.1. The SMILES string of the molecule is CCOC(=O)c1cccc(NC(=O)O[C@@H]2C[C@@H](C(=O)N[C@H](C=O)CC)N(C(=O)[C@@H](NC(=O)[C@@H](NC(=O)c3cnccn3)C(C)C)C(C)C)C2)c1. The summed E-state index contributed by atoms with van der Waals surface area (Å²) in [7, 11) is 0. The van der Waals surface area contributed by atoms with E-state index in [1.54, 1.807) is 53.7 Å². The van der Waals surface area contributed by atoms with Crippen LogP contribution in [0.5, 0.6) is 0 Å². The van der Waals surface area contributed by atoms with Crippen molar-refractivity contribution in [2.45, 2.75) is 84.7 Å². The number of carbonyl (C=O) groups is 7. The number of anilines is 1. The van der Waals surface area contributed by atoms with Crippen molar-refractivity contribution in [3.05, 3.63) is 54.1 Å². The van der Waals surface area contributed by atoms with Crippen LogP contribution < -0.4 is 21.3 Å². The first-order valence-electron chi connectivity index (χ1n) is 16.5. The monoisotopic (exact) mass is 695 g/mol. The lowest BCUT2D eigenvalue weighted by Crippen LogP contribution is -2.59. The van der Waals surface area contributed by atoms with Gasteiger partial charge in [-0.2, -0.15) is 0 Å². The fraction of sp³-hybridized carbons (Fsp3) is 0.500. The summed E-state index contributed by atoms with van der Waals surface area (Å²) >= 11 is 0. The number of likely N-dealkylation sites (tertiary alicyclic amines) is 1. The van der Waals surface area contributed by atoms with Gasteiger partial charge in [0.1, 0.15) is 36.2 Å². The van der Waals surface area contributed by atoms with Gasteiger partial charge in [-0.15, -0.1) is 0 Å². The van der Waals surface area contributed by atoms with Crippen LogP contribution in [-0.2, 0) is 28.7 Å². The Bertz CT molecular complexity index is 1540. The molecule has 16 heteroatoms. The van der Waals surface area contributed by atoms with E-state index in [9.17, 15) is 33.6 Å². The summed E-state index contributed by atoms with van der Waals surface area (Å²) in [4.78, 5) is 99.5. The molecule has 5 amide bonds. The molecule has 1 aromatic carbocycles. The lowest BCUT2D eigenvalue weighted by molar-refractivity contribution is -0.143. The molecule has 1 saturated heterocycles. The fourth-order valence-corrected chi connectivity index (χ4v) is 5.22. The highest BCUT2D eigenvalue weighted by atomic mass is 16.6. The third-order valence-corrected chi connectivity index (χ3v) is 7.94. The Labute approximate surface area is 290 Å². The molecule has 1 fully saturated rings. The molecule has 5 atom stereocenters. The zero-order valence-corrected chi connectivity index (χ0v) is 29.0. The van der Waals surface area contributed by atoms with Gasteiger partial charge in [0.05, 0.1) is 31.0 Å². The molecule has 0 radical (unpaired) electrons. The van der Waals surface area contributed by atoms with Crippen molar-refractivity contribution >= 4 is 47.7 Å². The van der Waals surface area contributed by atoms with Gasteiger partial charge in [0.2, 0.25) is 17.7 Å². The average Bonchev–Trinajstić information content (AvgIpc) is 3.51. The summed E-state index contributed by atoms with van der Waals surface area (Å²) in [6, 6.07) is 1.92. The normalized spacial score (nSPS) is 17.2. The molecule has 4 N–H and O–H groups in total. The van der Waals surface area contributed by atoms with Gasteiger partial charge in [0.25, 0.3) is 5.91 Å². The van der Waals surface area contributed by atoms with E-state index in [0.717, 1.165) is 0 Å². The Hall–Kier alpha value is -5.41. The minimum absolute atomic E-state index is 0.0100. The highest BCUT2D eigenvalue weighted by molar-refractivity contribution is 5.98. The zero-order valence-electron chi connectivity index (χ0n) is 29.0. The first-order chi connectivity index (χ1) is 23.8. The summed E-state index contributed by atoms with van der Waals surface area (Å²) in [5.41, 5.74) is 0.483. The van der Waals surface area contributed by atoms with Crippen molar-refractivity contribution in [3.8, 4) is 0 Å². The molecule has 270 valence electrons. The fourth-order valence-electron chi connectivity index (χ4n) is 5.22. The summed E-state index contributed by atoms with van der Waals surface area (Å²) in [5, 5.41) is 10.5. The molecule has 2 aromatic rings. The standard InChI is InChI=1S/C34H45N7O9/c1-7-22(18-42)37-30(44)26-15-24(50-34(48)38-23-11-9-10-21(14-23)33(47)49-8-2)17-41(26)32(46)28(20(5)6)40-31(45)27(19(3)4)39-29(43)25-16-35-12-13-36-25/h9-14,16,18-20,22,24,26-28H,7-8,15,17H2,1-6H3,(H,37,44)(H,38,48)(H,39,43)(H,40,45)/t22-,24+,26-,27-,28-/m0/s1. The van der Waals surface area contributed by atoms with Gasteiger partial charge in [-0.3, -0.25) is 29.5 Å². The molecule has 2 heterocycles. The molecule has 0 bridgehead atoms. The molecule has 0 aliphatic carbocycles. The van der Waals surface area contributed by atoms with Crippen molar-refractivity contribution in [2.75, 3.05) is 18.5 Å². The lowest BCUT2D eigenvalue weighted by atomic mass is 9.98. The van der Waals surface area contributed by atoms with E-state index < -0.39 is 71.9 Å². The van der Waals surface area contributed by atoms with Crippen LogP contribution in [0.25, 0.3) is 0 Å². The Morgan fingerprint density at radius 1 is 0.980 bits per heavy atom.